The van der Waals surface area contributed by atoms with Gasteiger partial charge in [0, 0.05) is 20.1 Å². The quantitative estimate of drug-likeness (QED) is 0.395. The Labute approximate surface area is 160 Å². The molecule has 1 aromatic rings. The lowest BCUT2D eigenvalue weighted by Gasteiger charge is -2.43. The van der Waals surface area contributed by atoms with Crippen LogP contribution in [0.4, 0.5) is 26.3 Å². The fourth-order valence-corrected chi connectivity index (χ4v) is 8.19. The fraction of sp³-hybridized carbons (Fsp3) is 0.529. The maximum absolute atomic E-state index is 14.3. The van der Waals surface area contributed by atoms with Gasteiger partial charge in [-0.05, 0) is 48.4 Å². The lowest BCUT2D eigenvalue weighted by Crippen LogP contribution is -2.34. The fourth-order valence-electron chi connectivity index (χ4n) is 3.35. The molecule has 1 saturated carbocycles. The summed E-state index contributed by atoms with van der Waals surface area (Å²) in [6.07, 6.45) is 3.51. The number of rotatable bonds is 5. The summed E-state index contributed by atoms with van der Waals surface area (Å²) in [5.74, 6) is -0.651. The maximum atomic E-state index is 14.3. The van der Waals surface area contributed by atoms with E-state index >= 15 is 0 Å². The third-order valence-electron chi connectivity index (χ3n) is 4.86. The van der Waals surface area contributed by atoms with Gasteiger partial charge in [0.1, 0.15) is 0 Å². The van der Waals surface area contributed by atoms with Crippen LogP contribution in [-0.4, -0.2) is 19.4 Å². The zero-order valence-electron chi connectivity index (χ0n) is 14.7. The number of aryl methyl sites for hydroxylation is 1. The van der Waals surface area contributed by atoms with Crippen molar-refractivity contribution in [3.63, 3.8) is 0 Å². The largest absolute Gasteiger partial charge is 0.523 e. The van der Waals surface area contributed by atoms with Crippen molar-refractivity contribution in [2.75, 3.05) is 0 Å². The van der Waals surface area contributed by atoms with Gasteiger partial charge in [-0.25, -0.2) is 0 Å². The van der Waals surface area contributed by atoms with Crippen LogP contribution >= 0.6 is 10.3 Å². The zero-order chi connectivity index (χ0) is 21.0. The molecule has 3 rings (SSSR count). The van der Waals surface area contributed by atoms with Gasteiger partial charge in [0.2, 0.25) is 0 Å². The van der Waals surface area contributed by atoms with Gasteiger partial charge in [0.15, 0.2) is 0 Å². The predicted molar refractivity (Wildman–Crippen MR) is 93.7 cm³/mol. The first-order valence-electron chi connectivity index (χ1n) is 8.60. The molecule has 0 aromatic heterocycles. The van der Waals surface area contributed by atoms with E-state index in [1.54, 1.807) is 13.0 Å². The predicted octanol–water partition coefficient (Wildman–Crippen LogP) is 6.26. The number of alkyl halides is 6. The Morgan fingerprint density at radius 1 is 1.14 bits per heavy atom. The zero-order valence-corrected chi connectivity index (χ0v) is 16.4. The molecule has 2 aliphatic rings. The van der Waals surface area contributed by atoms with Crippen LogP contribution in [0.25, 0.3) is 6.08 Å². The molecule has 11 heteroatoms. The summed E-state index contributed by atoms with van der Waals surface area (Å²) < 4.78 is 109. The van der Waals surface area contributed by atoms with Crippen molar-refractivity contribution in [1.29, 1.82) is 0 Å². The first kappa shape index (κ1) is 21.5. The van der Waals surface area contributed by atoms with Gasteiger partial charge in [-0.1, -0.05) is 31.9 Å². The van der Waals surface area contributed by atoms with Crippen molar-refractivity contribution in [1.82, 2.24) is 0 Å². The monoisotopic (exact) mass is 448 g/mol. The second-order valence-electron chi connectivity index (χ2n) is 6.77. The summed E-state index contributed by atoms with van der Waals surface area (Å²) in [6.45, 7) is 1.81. The van der Waals surface area contributed by atoms with E-state index < -0.39 is 42.3 Å². The molecule has 1 aromatic carbocycles. The van der Waals surface area contributed by atoms with Gasteiger partial charge in [-0.15, -0.1) is 0 Å². The standard InChI is InChI=1S/C17H18F6O3S2/c1-2-4-11-7-8-13-10-15(12-5-3-6-12)27(14(13)9-11,16(18,19)20)26-28(24,25)17(21,22)23/h7-10,12H,2-6H2,1H3. The molecule has 0 spiro atoms. The van der Waals surface area contributed by atoms with Crippen LogP contribution < -0.4 is 0 Å². The highest BCUT2D eigenvalue weighted by molar-refractivity contribution is 8.37. The molecule has 28 heavy (non-hydrogen) atoms. The topological polar surface area (TPSA) is 43.4 Å². The first-order chi connectivity index (χ1) is 12.8. The van der Waals surface area contributed by atoms with E-state index in [1.807, 2.05) is 0 Å². The third kappa shape index (κ3) is 3.35. The molecule has 3 nitrogen and oxygen atoms in total. The summed E-state index contributed by atoms with van der Waals surface area (Å²) in [5.41, 5.74) is -10.7. The molecule has 0 bridgehead atoms. The van der Waals surface area contributed by atoms with Crippen LogP contribution in [0.3, 0.4) is 0 Å². The highest BCUT2D eigenvalue weighted by Crippen LogP contribution is 2.80. The van der Waals surface area contributed by atoms with E-state index in [4.69, 9.17) is 0 Å². The molecule has 0 radical (unpaired) electrons. The average molecular weight is 448 g/mol. The minimum atomic E-state index is -6.46. The van der Waals surface area contributed by atoms with Crippen LogP contribution in [0.2, 0.25) is 0 Å². The minimum Gasteiger partial charge on any atom is -0.196 e. The Kier molecular flexibility index (Phi) is 5.33. The highest BCUT2D eigenvalue weighted by atomic mass is 32.3. The van der Waals surface area contributed by atoms with Crippen LogP contribution in [0.5, 0.6) is 0 Å². The molecule has 0 N–H and O–H groups in total. The van der Waals surface area contributed by atoms with Gasteiger partial charge in [0.25, 0.3) is 0 Å². The van der Waals surface area contributed by atoms with Crippen molar-refractivity contribution in [2.45, 2.75) is 54.9 Å². The van der Waals surface area contributed by atoms with E-state index in [9.17, 15) is 34.8 Å². The van der Waals surface area contributed by atoms with Gasteiger partial charge in [0.05, 0.1) is 0 Å². The second-order valence-corrected chi connectivity index (χ2v) is 11.2. The Morgan fingerprint density at radius 2 is 1.79 bits per heavy atom. The van der Waals surface area contributed by atoms with E-state index in [0.717, 1.165) is 6.07 Å². The van der Waals surface area contributed by atoms with Crippen molar-refractivity contribution >= 4 is 26.5 Å². The first-order valence-corrected chi connectivity index (χ1v) is 11.6. The molecule has 158 valence electrons. The molecule has 1 aliphatic carbocycles. The number of allylic oxidation sites excluding steroid dienone is 1. The van der Waals surface area contributed by atoms with Crippen molar-refractivity contribution in [3.05, 3.63) is 34.2 Å². The third-order valence-corrected chi connectivity index (χ3v) is 9.70. The lowest BCUT2D eigenvalue weighted by molar-refractivity contribution is -0.0547. The summed E-state index contributed by atoms with van der Waals surface area (Å²) in [4.78, 5) is -0.900. The van der Waals surface area contributed by atoms with E-state index in [-0.39, 0.29) is 10.5 Å². The lowest BCUT2D eigenvalue weighted by atomic mass is 9.84. The number of benzene rings is 1. The number of halogens is 6. The molecular formula is C17H18F6O3S2. The van der Waals surface area contributed by atoms with Crippen LogP contribution in [-0.2, 0) is 20.2 Å². The number of hydrogen-bond donors (Lipinski definition) is 0. The Bertz CT molecular complexity index is 900. The average Bonchev–Trinajstić information content (AvgIpc) is 2.79. The summed E-state index contributed by atoms with van der Waals surface area (Å²) >= 11 is 0. The molecule has 0 amide bonds. The SMILES string of the molecule is CCCc1ccc2c(c1)S(OS(=O)(=O)C(F)(F)F)(C(F)(F)F)C(C1CCC1)=C2. The minimum absolute atomic E-state index is 0.0615. The molecule has 1 unspecified atom stereocenters. The molecule has 1 atom stereocenters. The maximum Gasteiger partial charge on any atom is 0.523 e. The van der Waals surface area contributed by atoms with Gasteiger partial charge >= 0.3 is 21.1 Å². The van der Waals surface area contributed by atoms with Crippen molar-refractivity contribution in [2.24, 2.45) is 5.92 Å². The summed E-state index contributed by atoms with van der Waals surface area (Å²) in [6, 6.07) is 4.14. The summed E-state index contributed by atoms with van der Waals surface area (Å²) in [5, 5.41) is 0. The highest BCUT2D eigenvalue weighted by Gasteiger charge is 2.65. The molecule has 1 fully saturated rings. The van der Waals surface area contributed by atoms with Crippen LogP contribution in [0, 0.1) is 5.92 Å². The Morgan fingerprint density at radius 3 is 2.25 bits per heavy atom. The molecule has 0 saturated heterocycles. The Hall–Kier alpha value is -1.20. The van der Waals surface area contributed by atoms with Crippen molar-refractivity contribution < 1.29 is 38.4 Å². The second kappa shape index (κ2) is 6.94. The van der Waals surface area contributed by atoms with E-state index in [0.29, 0.717) is 37.7 Å². The Balaban J connectivity index is 2.25. The van der Waals surface area contributed by atoms with E-state index in [1.165, 1.54) is 12.1 Å². The van der Waals surface area contributed by atoms with E-state index in [2.05, 4.69) is 3.63 Å². The van der Waals surface area contributed by atoms with Crippen molar-refractivity contribution in [3.8, 4) is 0 Å². The number of hydrogen-bond acceptors (Lipinski definition) is 3. The van der Waals surface area contributed by atoms with Crippen LogP contribution in [0.15, 0.2) is 28.0 Å². The van der Waals surface area contributed by atoms with Crippen LogP contribution in [0.1, 0.15) is 43.7 Å². The van der Waals surface area contributed by atoms with Gasteiger partial charge < -0.3 is 0 Å². The summed E-state index contributed by atoms with van der Waals surface area (Å²) in [7, 11) is -11.3. The smallest absolute Gasteiger partial charge is 0.196 e. The van der Waals surface area contributed by atoms with Gasteiger partial charge in [-0.3, -0.25) is 0 Å². The van der Waals surface area contributed by atoms with Gasteiger partial charge in [-0.2, -0.15) is 38.4 Å². The normalized spacial score (nSPS) is 25.6. The number of fused-ring (bicyclic) bond motifs is 1. The molecule has 1 aliphatic heterocycles. The molecule has 1 heterocycles. The molecular weight excluding hydrogens is 430 g/mol.